The molecule has 0 fully saturated rings. The minimum absolute atomic E-state index is 0.128. The Morgan fingerprint density at radius 2 is 1.85 bits per heavy atom. The Bertz CT molecular complexity index is 1190. The van der Waals surface area contributed by atoms with Gasteiger partial charge in [0.1, 0.15) is 10.5 Å². The molecule has 1 aliphatic rings. The first kappa shape index (κ1) is 19.7. The van der Waals surface area contributed by atoms with Gasteiger partial charge in [0, 0.05) is 37.9 Å². The van der Waals surface area contributed by atoms with Crippen molar-refractivity contribution >= 4 is 50.5 Å². The Hall–Kier alpha value is -2.04. The largest absolute Gasteiger partial charge is 0.330 e. The van der Waals surface area contributed by atoms with Crippen molar-refractivity contribution in [2.24, 2.45) is 19.1 Å². The van der Waals surface area contributed by atoms with Crippen molar-refractivity contribution in [3.63, 3.8) is 0 Å². The molecule has 0 spiro atoms. The van der Waals surface area contributed by atoms with E-state index in [-0.39, 0.29) is 22.1 Å². The van der Waals surface area contributed by atoms with Gasteiger partial charge in [-0.2, -0.15) is 0 Å². The number of carbonyl (C=O) groups is 1. The second-order valence-corrected chi connectivity index (χ2v) is 9.65. The van der Waals surface area contributed by atoms with E-state index in [4.69, 9.17) is 12.2 Å². The van der Waals surface area contributed by atoms with Gasteiger partial charge in [-0.05, 0) is 12.1 Å². The van der Waals surface area contributed by atoms with Crippen molar-refractivity contribution in [1.82, 2.24) is 9.13 Å². The number of fused-ring (bicyclic) bond motifs is 1. The molecule has 2 heterocycles. The number of carbonyl (C=O) groups excluding carboxylic acids is 1. The number of thioether (sulfide) groups is 1. The molecule has 0 amide bonds. The van der Waals surface area contributed by atoms with E-state index in [1.165, 1.54) is 45.2 Å². The molecule has 0 bridgehead atoms. The number of hydrogen-bond donors (Lipinski definition) is 0. The first-order valence-electron chi connectivity index (χ1n) is 7.92. The van der Waals surface area contributed by atoms with Gasteiger partial charge < -0.3 is 0 Å². The molecule has 142 valence electrons. The molecule has 0 saturated heterocycles. The Morgan fingerprint density at radius 3 is 2.44 bits per heavy atom. The molecule has 10 heteroatoms. The van der Waals surface area contributed by atoms with Crippen molar-refractivity contribution < 1.29 is 13.2 Å². The number of Topliss-reactive ketones (excluding diaryl/α,β-unsaturated/α-hetero) is 1. The maximum Gasteiger partial charge on any atom is 0.330 e. The van der Waals surface area contributed by atoms with Gasteiger partial charge in [0.25, 0.3) is 0 Å². The van der Waals surface area contributed by atoms with E-state index in [1.807, 2.05) is 0 Å². The fourth-order valence-electron chi connectivity index (χ4n) is 2.71. The van der Waals surface area contributed by atoms with Gasteiger partial charge in [-0.3, -0.25) is 13.9 Å². The molecule has 0 atom stereocenters. The molecule has 27 heavy (non-hydrogen) atoms. The number of aliphatic imine (C=N–C) groups is 1. The summed E-state index contributed by atoms with van der Waals surface area (Å²) in [5.74, 6) is 0.574. The fourth-order valence-corrected chi connectivity index (χ4v) is 4.45. The van der Waals surface area contributed by atoms with Gasteiger partial charge in [0.15, 0.2) is 15.6 Å². The minimum Gasteiger partial charge on any atom is -0.293 e. The van der Waals surface area contributed by atoms with Gasteiger partial charge in [-0.25, -0.2) is 18.2 Å². The second-order valence-electron chi connectivity index (χ2n) is 6.20. The molecular formula is C17H17N3O4S3. The average molecular weight is 424 g/mol. The first-order valence-corrected chi connectivity index (χ1v) is 11.2. The van der Waals surface area contributed by atoms with Crippen molar-refractivity contribution in [3.05, 3.63) is 50.5 Å². The maximum atomic E-state index is 12.4. The zero-order valence-corrected chi connectivity index (χ0v) is 17.4. The number of aromatic nitrogens is 2. The third-order valence-electron chi connectivity index (χ3n) is 4.26. The standard InChI is InChI=1S/C17H17N3O4S3/c1-19-15-12(16(25)20(2)17(19)22)8-14(18-15)26-9-13(21)10-4-6-11(7-5-10)27(3,23)24/h4-7H,8-9H2,1-3H3. The predicted molar refractivity (Wildman–Crippen MR) is 109 cm³/mol. The van der Waals surface area contributed by atoms with E-state index in [0.29, 0.717) is 22.4 Å². The molecular weight excluding hydrogens is 406 g/mol. The fraction of sp³-hybridized carbons (Fsp3) is 0.294. The molecule has 1 aromatic heterocycles. The molecule has 7 nitrogen and oxygen atoms in total. The monoisotopic (exact) mass is 423 g/mol. The number of hydrogen-bond acceptors (Lipinski definition) is 7. The number of sulfone groups is 1. The van der Waals surface area contributed by atoms with E-state index < -0.39 is 9.84 Å². The van der Waals surface area contributed by atoms with Crippen LogP contribution in [0.4, 0.5) is 5.82 Å². The van der Waals surface area contributed by atoms with Gasteiger partial charge in [0.05, 0.1) is 15.7 Å². The molecule has 3 rings (SSSR count). The van der Waals surface area contributed by atoms with Crippen LogP contribution in [0, 0.1) is 4.64 Å². The molecule has 1 aromatic carbocycles. The third-order valence-corrected chi connectivity index (χ3v) is 6.88. The summed E-state index contributed by atoms with van der Waals surface area (Å²) in [7, 11) is -0.0267. The predicted octanol–water partition coefficient (Wildman–Crippen LogP) is 2.06. The normalized spacial score (nSPS) is 13.4. The van der Waals surface area contributed by atoms with Crippen molar-refractivity contribution in [1.29, 1.82) is 0 Å². The summed E-state index contributed by atoms with van der Waals surface area (Å²) in [5.41, 5.74) is 1.01. The lowest BCUT2D eigenvalue weighted by molar-refractivity contribution is 0.102. The van der Waals surface area contributed by atoms with Gasteiger partial charge in [0.2, 0.25) is 0 Å². The van der Waals surface area contributed by atoms with Crippen LogP contribution in [0.15, 0.2) is 38.9 Å². The molecule has 1 aliphatic heterocycles. The second kappa shape index (κ2) is 7.17. The lowest BCUT2D eigenvalue weighted by Crippen LogP contribution is -2.28. The molecule has 0 N–H and O–H groups in total. The van der Waals surface area contributed by atoms with Crippen LogP contribution in [0.25, 0.3) is 0 Å². The van der Waals surface area contributed by atoms with Gasteiger partial charge in [-0.15, -0.1) is 11.8 Å². The van der Waals surface area contributed by atoms with Crippen molar-refractivity contribution in [2.45, 2.75) is 11.3 Å². The molecule has 2 aromatic rings. The maximum absolute atomic E-state index is 12.4. The van der Waals surface area contributed by atoms with E-state index in [0.717, 1.165) is 16.9 Å². The highest BCUT2D eigenvalue weighted by Crippen LogP contribution is 2.29. The Labute approximate surface area is 165 Å². The lowest BCUT2D eigenvalue weighted by Gasteiger charge is -2.07. The van der Waals surface area contributed by atoms with E-state index in [2.05, 4.69) is 4.99 Å². The minimum atomic E-state index is -3.29. The van der Waals surface area contributed by atoms with Crippen molar-refractivity contribution in [3.8, 4) is 0 Å². The van der Waals surface area contributed by atoms with Gasteiger partial charge in [-0.1, -0.05) is 24.4 Å². The van der Waals surface area contributed by atoms with Crippen LogP contribution in [0.3, 0.4) is 0 Å². The zero-order valence-electron chi connectivity index (χ0n) is 14.9. The Balaban J connectivity index is 1.74. The Kier molecular flexibility index (Phi) is 5.24. The lowest BCUT2D eigenvalue weighted by atomic mass is 10.1. The van der Waals surface area contributed by atoms with E-state index in [1.54, 1.807) is 14.1 Å². The number of ketones is 1. The SMILES string of the molecule is Cn1c2c(c(=S)n(C)c1=O)CC(SCC(=O)c1ccc(S(C)(=O)=O)cc1)=N2. The van der Waals surface area contributed by atoms with Crippen LogP contribution in [0.5, 0.6) is 0 Å². The highest BCUT2D eigenvalue weighted by Gasteiger charge is 2.22. The molecule has 0 aliphatic carbocycles. The highest BCUT2D eigenvalue weighted by molar-refractivity contribution is 8.14. The number of benzene rings is 1. The quantitative estimate of drug-likeness (QED) is 0.552. The van der Waals surface area contributed by atoms with Crippen LogP contribution < -0.4 is 5.69 Å². The summed E-state index contributed by atoms with van der Waals surface area (Å²) < 4.78 is 26.3. The molecule has 0 saturated carbocycles. The summed E-state index contributed by atoms with van der Waals surface area (Å²) in [6.07, 6.45) is 1.61. The van der Waals surface area contributed by atoms with E-state index in [9.17, 15) is 18.0 Å². The number of rotatable bonds is 4. The van der Waals surface area contributed by atoms with Crippen molar-refractivity contribution in [2.75, 3.05) is 12.0 Å². The summed E-state index contributed by atoms with van der Waals surface area (Å²) >= 11 is 6.62. The average Bonchev–Trinajstić information content (AvgIpc) is 3.06. The van der Waals surface area contributed by atoms with Crippen LogP contribution in [0.1, 0.15) is 15.9 Å². The van der Waals surface area contributed by atoms with Crippen LogP contribution in [-0.4, -0.2) is 40.4 Å². The topological polar surface area (TPSA) is 90.5 Å². The van der Waals surface area contributed by atoms with Crippen LogP contribution in [-0.2, 0) is 30.4 Å². The Morgan fingerprint density at radius 1 is 1.22 bits per heavy atom. The third kappa shape index (κ3) is 3.83. The first-order chi connectivity index (χ1) is 12.6. The summed E-state index contributed by atoms with van der Waals surface area (Å²) in [5, 5.41) is 0.721. The highest BCUT2D eigenvalue weighted by atomic mass is 32.2. The smallest absolute Gasteiger partial charge is 0.293 e. The molecule has 0 radical (unpaired) electrons. The zero-order chi connectivity index (χ0) is 19.9. The molecule has 0 unspecified atom stereocenters. The summed E-state index contributed by atoms with van der Waals surface area (Å²) in [4.78, 5) is 29.1. The van der Waals surface area contributed by atoms with Gasteiger partial charge >= 0.3 is 5.69 Å². The summed E-state index contributed by atoms with van der Waals surface area (Å²) in [6.45, 7) is 0. The summed E-state index contributed by atoms with van der Waals surface area (Å²) in [6, 6.07) is 5.87. The van der Waals surface area contributed by atoms with Crippen LogP contribution in [0.2, 0.25) is 0 Å². The van der Waals surface area contributed by atoms with E-state index >= 15 is 0 Å². The van der Waals surface area contributed by atoms with Crippen LogP contribution >= 0.6 is 24.0 Å². The number of nitrogens with zero attached hydrogens (tertiary/aromatic N) is 3.